The van der Waals surface area contributed by atoms with Gasteiger partial charge in [0.1, 0.15) is 5.82 Å². The van der Waals surface area contributed by atoms with E-state index in [1.807, 2.05) is 72.8 Å². The summed E-state index contributed by atoms with van der Waals surface area (Å²) < 4.78 is 59.3. The van der Waals surface area contributed by atoms with Gasteiger partial charge in [-0.25, -0.2) is 4.39 Å². The van der Waals surface area contributed by atoms with Crippen molar-refractivity contribution in [2.75, 3.05) is 41.7 Å². The van der Waals surface area contributed by atoms with Crippen LogP contribution in [-0.2, 0) is 43.0 Å². The number of ether oxygens (including phenoxy) is 9. The number of benzene rings is 6. The molecule has 0 aromatic heterocycles. The topological polar surface area (TPSA) is 222 Å². The van der Waals surface area contributed by atoms with E-state index in [9.17, 15) is 33.2 Å². The summed E-state index contributed by atoms with van der Waals surface area (Å²) in [5.41, 5.74) is 4.53. The zero-order valence-electron chi connectivity index (χ0n) is 43.2. The van der Waals surface area contributed by atoms with Gasteiger partial charge in [-0.1, -0.05) is 91.0 Å². The number of esters is 3. The predicted octanol–water partition coefficient (Wildman–Crippen LogP) is 8.69. The highest BCUT2D eigenvalue weighted by Crippen LogP contribution is 2.35. The second-order valence-electron chi connectivity index (χ2n) is 17.2. The van der Waals surface area contributed by atoms with E-state index in [0.29, 0.717) is 40.1 Å². The molecule has 6 aromatic carbocycles. The van der Waals surface area contributed by atoms with Crippen LogP contribution < -0.4 is 44.4 Å². The average Bonchev–Trinajstić information content (AvgIpc) is 4.30. The Labute approximate surface area is 454 Å². The highest BCUT2D eigenvalue weighted by atomic mass is 19.1. The summed E-state index contributed by atoms with van der Waals surface area (Å²) in [5.74, 6) is 1.17. The normalized spacial score (nSPS) is 13.4. The Balaban J connectivity index is 0.000000172. The number of halogens is 1. The van der Waals surface area contributed by atoms with Crippen LogP contribution in [0, 0.1) is 5.82 Å². The van der Waals surface area contributed by atoms with Crippen molar-refractivity contribution >= 4 is 53.9 Å². The molecule has 0 aliphatic carbocycles. The lowest BCUT2D eigenvalue weighted by molar-refractivity contribution is -0.142. The Hall–Kier alpha value is -9.91. The minimum atomic E-state index is -0.706. The van der Waals surface area contributed by atoms with Crippen molar-refractivity contribution in [3.8, 4) is 34.5 Å². The van der Waals surface area contributed by atoms with E-state index in [-0.39, 0.29) is 63.4 Å². The summed E-state index contributed by atoms with van der Waals surface area (Å²) in [6, 6.07) is 38.8. The Kier molecular flexibility index (Phi) is 20.7. The molecule has 0 bridgehead atoms. The number of methoxy groups -OCH3 is 3. The molecule has 3 aliphatic heterocycles. The molecule has 9 rings (SSSR count). The fourth-order valence-corrected chi connectivity index (χ4v) is 7.83. The van der Waals surface area contributed by atoms with Crippen molar-refractivity contribution < 1.29 is 75.8 Å². The maximum atomic E-state index is 13.5. The van der Waals surface area contributed by atoms with Gasteiger partial charge in [-0.05, 0) is 100 Å². The molecule has 0 spiro atoms. The van der Waals surface area contributed by atoms with E-state index in [4.69, 9.17) is 37.9 Å². The first kappa shape index (κ1) is 56.8. The highest BCUT2D eigenvalue weighted by molar-refractivity contribution is 5.94. The molecule has 0 radical (unpaired) electrons. The molecule has 18 nitrogen and oxygen atoms in total. The van der Waals surface area contributed by atoms with Crippen molar-refractivity contribution in [1.29, 1.82) is 0 Å². The molecule has 0 saturated heterocycles. The third-order valence-electron chi connectivity index (χ3n) is 11.9. The maximum Gasteiger partial charge on any atom is 0.307 e. The summed E-state index contributed by atoms with van der Waals surface area (Å²) in [6.07, 6.45) is 9.15. The second-order valence-corrected chi connectivity index (χ2v) is 17.2. The van der Waals surface area contributed by atoms with Gasteiger partial charge in [0.15, 0.2) is 34.5 Å². The molecular weight excluding hydrogens is 1020 g/mol. The number of amides is 3. The van der Waals surface area contributed by atoms with Crippen molar-refractivity contribution in [1.82, 2.24) is 16.0 Å². The molecule has 3 atom stereocenters. The second kappa shape index (κ2) is 28.8. The van der Waals surface area contributed by atoms with Crippen molar-refractivity contribution in [3.63, 3.8) is 0 Å². The molecule has 79 heavy (non-hydrogen) atoms. The molecule has 3 N–H and O–H groups in total. The Morgan fingerprint density at radius 1 is 0.418 bits per heavy atom. The summed E-state index contributed by atoms with van der Waals surface area (Å²) >= 11 is 0. The molecule has 408 valence electrons. The van der Waals surface area contributed by atoms with E-state index < -0.39 is 35.8 Å². The Morgan fingerprint density at radius 3 is 1.06 bits per heavy atom. The minimum absolute atomic E-state index is 0.0596. The van der Waals surface area contributed by atoms with Crippen LogP contribution in [0.25, 0.3) is 18.2 Å². The van der Waals surface area contributed by atoms with Crippen LogP contribution in [0.1, 0.15) is 70.8 Å². The van der Waals surface area contributed by atoms with Gasteiger partial charge in [0.05, 0.1) is 58.7 Å². The van der Waals surface area contributed by atoms with Crippen LogP contribution in [0.15, 0.2) is 158 Å². The number of hydrogen-bond acceptors (Lipinski definition) is 15. The van der Waals surface area contributed by atoms with E-state index in [1.54, 1.807) is 66.8 Å². The van der Waals surface area contributed by atoms with Gasteiger partial charge < -0.3 is 58.6 Å². The SMILES string of the molecule is COC(=O)CC(NC(=O)/C=C/c1ccc2c(c1)OCO2)c1cccc(F)c1.COC(=O)CC(NC(=O)/C=C/c1ccc2c(c1)OCO2)c1ccccc1.COC(=O)CC(NC(=O)/C=C/c1ccc2c(c1)OCO2)c1ccccc1. The molecule has 3 unspecified atom stereocenters. The molecule has 3 amide bonds. The molecule has 0 fully saturated rings. The number of nitrogens with one attached hydrogen (secondary N) is 3. The largest absolute Gasteiger partial charge is 0.469 e. The van der Waals surface area contributed by atoms with Crippen LogP contribution in [0.2, 0.25) is 0 Å². The van der Waals surface area contributed by atoms with Gasteiger partial charge in [-0.3, -0.25) is 28.8 Å². The van der Waals surface area contributed by atoms with Gasteiger partial charge in [0.25, 0.3) is 0 Å². The lowest BCUT2D eigenvalue weighted by atomic mass is 10.0. The molecular formula is C60H56FN3O15. The van der Waals surface area contributed by atoms with Gasteiger partial charge in [-0.2, -0.15) is 0 Å². The predicted molar refractivity (Wildman–Crippen MR) is 287 cm³/mol. The van der Waals surface area contributed by atoms with E-state index in [2.05, 4.69) is 20.7 Å². The maximum absolute atomic E-state index is 13.5. The summed E-state index contributed by atoms with van der Waals surface area (Å²) in [4.78, 5) is 71.8. The Bertz CT molecular complexity index is 3050. The minimum Gasteiger partial charge on any atom is -0.469 e. The van der Waals surface area contributed by atoms with E-state index in [0.717, 1.165) is 27.8 Å². The van der Waals surface area contributed by atoms with Crippen LogP contribution in [-0.4, -0.2) is 77.3 Å². The standard InChI is InChI=1S/C20H18FNO5.2C20H19NO5/c1-25-20(24)11-16(14-3-2-4-15(21)10-14)22-19(23)8-6-13-5-7-17-18(9-13)27-12-26-17;2*1-24-20(23)12-16(15-5-3-2-4-6-15)21-19(22)10-8-14-7-9-17-18(11-14)26-13-25-17/h2-10,16H,11-12H2,1H3,(H,22,23);2*2-11,16H,12-13H2,1H3,(H,21,22)/b8-6+;2*10-8+. The van der Waals surface area contributed by atoms with Gasteiger partial charge in [-0.15, -0.1) is 0 Å². The monoisotopic (exact) mass is 1080 g/mol. The molecule has 6 aromatic rings. The lowest BCUT2D eigenvalue weighted by Crippen LogP contribution is -2.29. The third-order valence-corrected chi connectivity index (χ3v) is 11.9. The van der Waals surface area contributed by atoms with Crippen LogP contribution in [0.5, 0.6) is 34.5 Å². The van der Waals surface area contributed by atoms with Crippen LogP contribution in [0.4, 0.5) is 4.39 Å². The van der Waals surface area contributed by atoms with Crippen LogP contribution in [0.3, 0.4) is 0 Å². The molecule has 19 heteroatoms. The first-order valence-corrected chi connectivity index (χ1v) is 24.6. The number of carbonyl (C=O) groups excluding carboxylic acids is 6. The summed E-state index contributed by atoms with van der Waals surface area (Å²) in [6.45, 7) is 0.580. The third kappa shape index (κ3) is 17.6. The average molecular weight is 1080 g/mol. The molecule has 0 saturated carbocycles. The fraction of sp³-hybridized carbons (Fsp3) is 0.200. The lowest BCUT2D eigenvalue weighted by Gasteiger charge is -2.17. The van der Waals surface area contributed by atoms with E-state index >= 15 is 0 Å². The van der Waals surface area contributed by atoms with E-state index in [1.165, 1.54) is 57.8 Å². The zero-order valence-corrected chi connectivity index (χ0v) is 43.2. The van der Waals surface area contributed by atoms with Gasteiger partial charge in [0.2, 0.25) is 38.1 Å². The number of hydrogen-bond donors (Lipinski definition) is 3. The van der Waals surface area contributed by atoms with Crippen LogP contribution >= 0.6 is 0 Å². The van der Waals surface area contributed by atoms with Gasteiger partial charge >= 0.3 is 17.9 Å². The fourth-order valence-electron chi connectivity index (χ4n) is 7.83. The van der Waals surface area contributed by atoms with Crippen molar-refractivity contribution in [2.45, 2.75) is 37.4 Å². The summed E-state index contributed by atoms with van der Waals surface area (Å²) in [5, 5.41) is 8.38. The number of carbonyl (C=O) groups is 6. The first-order chi connectivity index (χ1) is 38.4. The highest BCUT2D eigenvalue weighted by Gasteiger charge is 2.22. The molecule has 3 heterocycles. The van der Waals surface area contributed by atoms with Gasteiger partial charge in [0, 0.05) is 18.2 Å². The van der Waals surface area contributed by atoms with Crippen molar-refractivity contribution in [3.05, 3.63) is 197 Å². The zero-order chi connectivity index (χ0) is 55.9. The summed E-state index contributed by atoms with van der Waals surface area (Å²) in [7, 11) is 3.91. The first-order valence-electron chi connectivity index (χ1n) is 24.6. The quantitative estimate of drug-likeness (QED) is 0.0416. The van der Waals surface area contributed by atoms with Crippen molar-refractivity contribution in [2.24, 2.45) is 0 Å². The molecule has 3 aliphatic rings. The number of fused-ring (bicyclic) bond motifs is 3. The smallest absolute Gasteiger partial charge is 0.307 e. The Morgan fingerprint density at radius 2 is 0.734 bits per heavy atom. The number of rotatable bonds is 18.